The number of anilines is 1. The summed E-state index contributed by atoms with van der Waals surface area (Å²) in [5.41, 5.74) is -0.930. The molecule has 0 aliphatic heterocycles. The van der Waals surface area contributed by atoms with Gasteiger partial charge in [0.1, 0.15) is 25.1 Å². The third kappa shape index (κ3) is 11.0. The molecule has 1 aromatic carbocycles. The molecule has 36 heavy (non-hydrogen) atoms. The van der Waals surface area contributed by atoms with Gasteiger partial charge >= 0.3 is 0 Å². The fourth-order valence-electron chi connectivity index (χ4n) is 2.98. The molecular weight excluding hydrogens is 472 g/mol. The molecule has 0 bridgehead atoms. The van der Waals surface area contributed by atoms with Gasteiger partial charge in [-0.25, -0.2) is 0 Å². The van der Waals surface area contributed by atoms with Crippen molar-refractivity contribution < 1.29 is 34.2 Å². The molecule has 0 aliphatic carbocycles. The van der Waals surface area contributed by atoms with Crippen molar-refractivity contribution >= 4 is 23.3 Å². The summed E-state index contributed by atoms with van der Waals surface area (Å²) >= 11 is 0. The number of aliphatic hydroxyl groups excluding tert-OH is 1. The van der Waals surface area contributed by atoms with Gasteiger partial charge in [-0.2, -0.15) is 0 Å². The minimum Gasteiger partial charge on any atom is -0.490 e. The Labute approximate surface area is 211 Å². The Kier molecular flexibility index (Phi) is 11.7. The highest BCUT2D eigenvalue weighted by Crippen LogP contribution is 2.24. The van der Waals surface area contributed by atoms with Gasteiger partial charge in [-0.3, -0.25) is 14.4 Å². The number of hydrogen-bond acceptors (Lipinski definition) is 9. The van der Waals surface area contributed by atoms with Crippen LogP contribution in [0, 0.1) is 15.5 Å². The van der Waals surface area contributed by atoms with Gasteiger partial charge in [-0.1, -0.05) is 6.92 Å². The first-order chi connectivity index (χ1) is 16.7. The highest BCUT2D eigenvalue weighted by molar-refractivity contribution is 5.99. The molecule has 0 saturated carbocycles. The lowest BCUT2D eigenvalue weighted by molar-refractivity contribution is -0.760. The summed E-state index contributed by atoms with van der Waals surface area (Å²) in [5, 5.41) is 28.4. The fraction of sp³-hybridized carbons (Fsp3) is 0.625. The van der Waals surface area contributed by atoms with E-state index in [0.29, 0.717) is 24.3 Å². The number of ether oxygens (including phenoxy) is 1. The Morgan fingerprint density at radius 1 is 1.19 bits per heavy atom. The lowest BCUT2D eigenvalue weighted by atomic mass is 9.93. The topological polar surface area (TPSA) is 169 Å². The standard InChI is InChI=1S/C24H38N4O8/c1-7-8-21(31)27-17-9-10-20(19(11-17)16(2)29)35-13-18(30)12-26-24(5,6)14-25-22(32)23(3,4)15-36-28(33)34/h9-11,18,26,30H,7-8,12-15H2,1-6H3,(H,25,32)(H,27,31). The monoisotopic (exact) mass is 510 g/mol. The predicted octanol–water partition coefficient (Wildman–Crippen LogP) is 2.09. The number of amides is 2. The molecule has 2 amide bonds. The molecular formula is C24H38N4O8. The van der Waals surface area contributed by atoms with Crippen LogP contribution in [0.25, 0.3) is 0 Å². The van der Waals surface area contributed by atoms with Crippen LogP contribution >= 0.6 is 0 Å². The summed E-state index contributed by atoms with van der Waals surface area (Å²) in [5.74, 6) is -0.503. The van der Waals surface area contributed by atoms with Crippen LogP contribution in [0.15, 0.2) is 18.2 Å². The fourth-order valence-corrected chi connectivity index (χ4v) is 2.98. The van der Waals surface area contributed by atoms with E-state index in [9.17, 15) is 29.6 Å². The number of carbonyl (C=O) groups is 3. The zero-order valence-corrected chi connectivity index (χ0v) is 21.8. The van der Waals surface area contributed by atoms with Crippen LogP contribution in [0.4, 0.5) is 5.69 Å². The number of carbonyl (C=O) groups excluding carboxylic acids is 3. The Bertz CT molecular complexity index is 933. The van der Waals surface area contributed by atoms with E-state index in [1.54, 1.807) is 18.2 Å². The van der Waals surface area contributed by atoms with Crippen molar-refractivity contribution in [3.63, 3.8) is 0 Å². The average molecular weight is 511 g/mol. The molecule has 0 radical (unpaired) electrons. The number of β-amino-alcohol motifs (C(OH)–C–C–N with tert-alkyl or cyclic N) is 1. The maximum absolute atomic E-state index is 12.4. The van der Waals surface area contributed by atoms with Crippen molar-refractivity contribution in [1.29, 1.82) is 0 Å². The van der Waals surface area contributed by atoms with Crippen molar-refractivity contribution in [2.24, 2.45) is 5.41 Å². The van der Waals surface area contributed by atoms with Crippen molar-refractivity contribution in [1.82, 2.24) is 10.6 Å². The largest absolute Gasteiger partial charge is 0.490 e. The van der Waals surface area contributed by atoms with Crippen LogP contribution in [0.1, 0.15) is 64.7 Å². The Hall–Kier alpha value is -3.25. The summed E-state index contributed by atoms with van der Waals surface area (Å²) in [4.78, 5) is 50.9. The first kappa shape index (κ1) is 30.8. The van der Waals surface area contributed by atoms with E-state index in [1.807, 2.05) is 20.8 Å². The van der Waals surface area contributed by atoms with Crippen LogP contribution in [0.3, 0.4) is 0 Å². The Balaban J connectivity index is 2.60. The minimum absolute atomic E-state index is 0.0947. The molecule has 1 aromatic rings. The molecule has 1 unspecified atom stereocenters. The van der Waals surface area contributed by atoms with E-state index in [-0.39, 0.29) is 43.6 Å². The van der Waals surface area contributed by atoms with E-state index in [4.69, 9.17) is 4.74 Å². The zero-order valence-electron chi connectivity index (χ0n) is 21.8. The molecule has 0 fully saturated rings. The summed E-state index contributed by atoms with van der Waals surface area (Å²) < 4.78 is 5.66. The lowest BCUT2D eigenvalue weighted by Gasteiger charge is -2.30. The predicted molar refractivity (Wildman–Crippen MR) is 133 cm³/mol. The van der Waals surface area contributed by atoms with Gasteiger partial charge in [0.2, 0.25) is 11.8 Å². The number of hydrogen-bond donors (Lipinski definition) is 4. The third-order valence-electron chi connectivity index (χ3n) is 5.20. The van der Waals surface area contributed by atoms with Crippen molar-refractivity contribution in [3.05, 3.63) is 33.9 Å². The third-order valence-corrected chi connectivity index (χ3v) is 5.20. The molecule has 0 aliphatic rings. The highest BCUT2D eigenvalue weighted by atomic mass is 16.9. The molecule has 1 rings (SSSR count). The minimum atomic E-state index is -1.10. The van der Waals surface area contributed by atoms with Crippen LogP contribution < -0.4 is 20.7 Å². The van der Waals surface area contributed by atoms with Gasteiger partial charge in [0.05, 0.1) is 11.0 Å². The summed E-state index contributed by atoms with van der Waals surface area (Å²) in [6, 6.07) is 4.74. The van der Waals surface area contributed by atoms with E-state index in [2.05, 4.69) is 20.8 Å². The second kappa shape index (κ2) is 13.7. The van der Waals surface area contributed by atoms with E-state index < -0.39 is 28.1 Å². The Morgan fingerprint density at radius 2 is 1.86 bits per heavy atom. The number of nitrogens with one attached hydrogen (secondary N) is 3. The van der Waals surface area contributed by atoms with Gasteiger partial charge in [0.15, 0.2) is 5.78 Å². The first-order valence-corrected chi connectivity index (χ1v) is 11.7. The summed E-state index contributed by atoms with van der Waals surface area (Å²) in [6.45, 7) is 9.86. The second-order valence-electron chi connectivity index (χ2n) is 9.86. The summed E-state index contributed by atoms with van der Waals surface area (Å²) in [6.07, 6.45) is 0.160. The molecule has 202 valence electrons. The number of aliphatic hydroxyl groups is 1. The van der Waals surface area contributed by atoms with E-state index >= 15 is 0 Å². The quantitative estimate of drug-likeness (QED) is 0.148. The van der Waals surface area contributed by atoms with E-state index in [0.717, 1.165) is 0 Å². The van der Waals surface area contributed by atoms with Crippen LogP contribution in [-0.2, 0) is 14.4 Å². The number of benzene rings is 1. The number of Topliss-reactive ketones (excluding diaryl/α,β-unsaturated/α-hetero) is 1. The van der Waals surface area contributed by atoms with Gasteiger partial charge in [-0.05, 0) is 59.2 Å². The Morgan fingerprint density at radius 3 is 2.44 bits per heavy atom. The van der Waals surface area contributed by atoms with Crippen LogP contribution in [0.5, 0.6) is 5.75 Å². The SMILES string of the molecule is CCCC(=O)Nc1ccc(OCC(O)CNC(C)(C)CNC(=O)C(C)(C)CO[N+](=O)[O-])c(C(C)=O)c1. The second-order valence-corrected chi connectivity index (χ2v) is 9.86. The summed E-state index contributed by atoms with van der Waals surface area (Å²) in [7, 11) is 0. The number of ketones is 1. The maximum atomic E-state index is 12.4. The van der Waals surface area contributed by atoms with Crippen LogP contribution in [0.2, 0.25) is 0 Å². The molecule has 4 N–H and O–H groups in total. The van der Waals surface area contributed by atoms with Crippen molar-refractivity contribution in [2.45, 2.75) is 66.0 Å². The molecule has 0 spiro atoms. The molecule has 12 heteroatoms. The average Bonchev–Trinajstić information content (AvgIpc) is 2.79. The lowest BCUT2D eigenvalue weighted by Crippen LogP contribution is -2.53. The van der Waals surface area contributed by atoms with Crippen molar-refractivity contribution in [3.8, 4) is 5.75 Å². The van der Waals surface area contributed by atoms with Gasteiger partial charge in [0.25, 0.3) is 5.09 Å². The number of rotatable bonds is 16. The normalized spacial score (nSPS) is 12.4. The molecule has 0 saturated heterocycles. The molecule has 1 atom stereocenters. The van der Waals surface area contributed by atoms with Gasteiger partial charge < -0.3 is 30.6 Å². The van der Waals surface area contributed by atoms with E-state index in [1.165, 1.54) is 20.8 Å². The smallest absolute Gasteiger partial charge is 0.294 e. The number of nitrogens with zero attached hydrogens (tertiary/aromatic N) is 1. The zero-order chi connectivity index (χ0) is 27.5. The first-order valence-electron chi connectivity index (χ1n) is 11.7. The highest BCUT2D eigenvalue weighted by Gasteiger charge is 2.31. The molecule has 0 aromatic heterocycles. The molecule has 12 nitrogen and oxygen atoms in total. The van der Waals surface area contributed by atoms with Crippen molar-refractivity contribution in [2.75, 3.05) is 31.6 Å². The molecule has 0 heterocycles. The van der Waals surface area contributed by atoms with Gasteiger partial charge in [-0.15, -0.1) is 10.1 Å². The van der Waals surface area contributed by atoms with Crippen LogP contribution in [-0.4, -0.2) is 65.7 Å². The maximum Gasteiger partial charge on any atom is 0.294 e. The van der Waals surface area contributed by atoms with Gasteiger partial charge in [0, 0.05) is 30.7 Å².